The minimum absolute atomic E-state index is 0.0407. The van der Waals surface area contributed by atoms with Crippen LogP contribution in [0, 0.1) is 0 Å². The molecule has 30 heavy (non-hydrogen) atoms. The summed E-state index contributed by atoms with van der Waals surface area (Å²) >= 11 is 0. The highest BCUT2D eigenvalue weighted by atomic mass is 16.5. The van der Waals surface area contributed by atoms with E-state index in [0.29, 0.717) is 46.7 Å². The second-order valence-corrected chi connectivity index (χ2v) is 7.40. The van der Waals surface area contributed by atoms with Gasteiger partial charge in [0.15, 0.2) is 0 Å². The van der Waals surface area contributed by atoms with E-state index in [0.717, 1.165) is 39.0 Å². The van der Waals surface area contributed by atoms with Crippen LogP contribution in [0.4, 0.5) is 0 Å². The van der Waals surface area contributed by atoms with Gasteiger partial charge < -0.3 is 24.1 Å². The Morgan fingerprint density at radius 3 is 2.10 bits per heavy atom. The molecule has 3 aromatic rings. The number of rotatable bonds is 12. The summed E-state index contributed by atoms with van der Waals surface area (Å²) in [6.07, 6.45) is 1.86. The van der Waals surface area contributed by atoms with Gasteiger partial charge in [-0.3, -0.25) is 4.79 Å². The molecular weight excluding hydrogens is 380 g/mol. The van der Waals surface area contributed by atoms with Crippen LogP contribution in [0.3, 0.4) is 0 Å². The van der Waals surface area contributed by atoms with E-state index in [2.05, 4.69) is 31.1 Å². The largest absolute Gasteiger partial charge is 0.493 e. The Balaban J connectivity index is 1.73. The number of hydrogen-bond acceptors (Lipinski definition) is 6. The molecule has 3 rings (SSSR count). The second-order valence-electron chi connectivity index (χ2n) is 7.40. The molecule has 0 saturated carbocycles. The van der Waals surface area contributed by atoms with Crippen LogP contribution in [-0.2, 0) is 0 Å². The van der Waals surface area contributed by atoms with Crippen molar-refractivity contribution in [3.05, 3.63) is 46.6 Å². The van der Waals surface area contributed by atoms with Crippen molar-refractivity contribution >= 4 is 21.9 Å². The molecule has 0 fully saturated rings. The van der Waals surface area contributed by atoms with E-state index in [1.165, 1.54) is 0 Å². The Hall–Kier alpha value is -2.57. The Morgan fingerprint density at radius 2 is 1.53 bits per heavy atom. The Labute approximate surface area is 177 Å². The summed E-state index contributed by atoms with van der Waals surface area (Å²) in [5, 5.41) is 4.38. The van der Waals surface area contributed by atoms with E-state index in [4.69, 9.17) is 13.9 Å². The van der Waals surface area contributed by atoms with Gasteiger partial charge in [0.2, 0.25) is 5.43 Å². The predicted molar refractivity (Wildman–Crippen MR) is 122 cm³/mol. The predicted octanol–water partition coefficient (Wildman–Crippen LogP) is 4.05. The Kier molecular flexibility index (Phi) is 8.11. The lowest BCUT2D eigenvalue weighted by molar-refractivity contribution is 0.268. The van der Waals surface area contributed by atoms with Gasteiger partial charge in [0.1, 0.15) is 22.7 Å². The van der Waals surface area contributed by atoms with Gasteiger partial charge in [-0.05, 0) is 63.8 Å². The molecule has 0 bridgehead atoms. The molecule has 0 aliphatic rings. The van der Waals surface area contributed by atoms with E-state index < -0.39 is 0 Å². The van der Waals surface area contributed by atoms with Crippen molar-refractivity contribution in [1.29, 1.82) is 0 Å². The number of nitrogens with one attached hydrogen (secondary N) is 1. The van der Waals surface area contributed by atoms with Gasteiger partial charge >= 0.3 is 0 Å². The average molecular weight is 413 g/mol. The number of nitrogens with zero attached hydrogens (tertiary/aromatic N) is 1. The van der Waals surface area contributed by atoms with Gasteiger partial charge in [-0.25, -0.2) is 0 Å². The maximum Gasteiger partial charge on any atom is 0.200 e. The molecule has 162 valence electrons. The van der Waals surface area contributed by atoms with Crippen LogP contribution < -0.4 is 20.2 Å². The molecular formula is C24H32N2O4. The molecule has 6 nitrogen and oxygen atoms in total. The van der Waals surface area contributed by atoms with E-state index in [1.807, 2.05) is 12.1 Å². The average Bonchev–Trinajstić information content (AvgIpc) is 2.76. The van der Waals surface area contributed by atoms with Crippen molar-refractivity contribution in [2.24, 2.45) is 0 Å². The van der Waals surface area contributed by atoms with Crippen LogP contribution in [-0.4, -0.2) is 51.3 Å². The summed E-state index contributed by atoms with van der Waals surface area (Å²) < 4.78 is 17.7. The fraction of sp³-hybridized carbons (Fsp3) is 0.458. The minimum Gasteiger partial charge on any atom is -0.493 e. The molecule has 1 aromatic heterocycles. The van der Waals surface area contributed by atoms with Gasteiger partial charge in [-0.1, -0.05) is 13.8 Å². The molecule has 0 unspecified atom stereocenters. The zero-order chi connectivity index (χ0) is 21.3. The van der Waals surface area contributed by atoms with Crippen LogP contribution in [0.2, 0.25) is 0 Å². The van der Waals surface area contributed by atoms with Gasteiger partial charge in [0.25, 0.3) is 0 Å². The summed E-state index contributed by atoms with van der Waals surface area (Å²) in [5.74, 6) is 1.41. The number of benzene rings is 2. The molecule has 0 saturated heterocycles. The molecule has 2 aromatic carbocycles. The third-order valence-corrected chi connectivity index (χ3v) is 5.12. The second kappa shape index (κ2) is 11.0. The molecule has 0 amide bonds. The van der Waals surface area contributed by atoms with E-state index in [-0.39, 0.29) is 5.43 Å². The van der Waals surface area contributed by atoms with Gasteiger partial charge in [-0.2, -0.15) is 0 Å². The lowest BCUT2D eigenvalue weighted by Gasteiger charge is -2.13. The van der Waals surface area contributed by atoms with Crippen LogP contribution >= 0.6 is 0 Å². The lowest BCUT2D eigenvalue weighted by Crippen LogP contribution is -2.20. The third-order valence-electron chi connectivity index (χ3n) is 5.12. The Bertz CT molecular complexity index is 1020. The molecule has 0 atom stereocenters. The first kappa shape index (κ1) is 22.1. The molecule has 1 N–H and O–H groups in total. The number of hydrogen-bond donors (Lipinski definition) is 1. The first-order chi connectivity index (χ1) is 14.6. The van der Waals surface area contributed by atoms with E-state index in [9.17, 15) is 4.79 Å². The molecule has 0 aliphatic carbocycles. The third kappa shape index (κ3) is 5.74. The number of fused-ring (bicyclic) bond motifs is 2. The molecule has 0 aliphatic heterocycles. The highest BCUT2D eigenvalue weighted by molar-refractivity contribution is 5.90. The SMILES string of the molecule is CCNCCCOc1ccc2c(=O)c3ccc(OCCCN(C)CC)cc3oc2c1. The zero-order valence-corrected chi connectivity index (χ0v) is 18.2. The molecule has 6 heteroatoms. The van der Waals surface area contributed by atoms with Gasteiger partial charge in [0, 0.05) is 18.7 Å². The molecule has 0 spiro atoms. The summed E-state index contributed by atoms with van der Waals surface area (Å²) in [6.45, 7) is 9.34. The standard InChI is InChI=1S/C24H32N2O4/c1-4-25-12-6-14-28-18-8-10-20-22(16-18)30-23-17-19(9-11-21(23)24(20)27)29-15-7-13-26(3)5-2/h8-11,16-17,25H,4-7,12-15H2,1-3H3. The first-order valence-electron chi connectivity index (χ1n) is 10.8. The lowest BCUT2D eigenvalue weighted by atomic mass is 10.1. The molecule has 0 radical (unpaired) electrons. The maximum absolute atomic E-state index is 12.9. The summed E-state index contributed by atoms with van der Waals surface area (Å²) in [5.41, 5.74) is 1.01. The fourth-order valence-electron chi connectivity index (χ4n) is 3.24. The topological polar surface area (TPSA) is 63.9 Å². The van der Waals surface area contributed by atoms with Crippen molar-refractivity contribution in [3.8, 4) is 11.5 Å². The van der Waals surface area contributed by atoms with Crippen molar-refractivity contribution in [2.75, 3.05) is 46.4 Å². The zero-order valence-electron chi connectivity index (χ0n) is 18.2. The normalized spacial score (nSPS) is 11.5. The quantitative estimate of drug-likeness (QED) is 0.358. The maximum atomic E-state index is 12.9. The first-order valence-corrected chi connectivity index (χ1v) is 10.8. The monoisotopic (exact) mass is 412 g/mol. The van der Waals surface area contributed by atoms with Crippen molar-refractivity contribution in [3.63, 3.8) is 0 Å². The van der Waals surface area contributed by atoms with Crippen LogP contribution in [0.15, 0.2) is 45.6 Å². The molecule has 1 heterocycles. The fourth-order valence-corrected chi connectivity index (χ4v) is 3.24. The van der Waals surface area contributed by atoms with E-state index >= 15 is 0 Å². The van der Waals surface area contributed by atoms with Crippen LogP contribution in [0.25, 0.3) is 21.9 Å². The van der Waals surface area contributed by atoms with E-state index in [1.54, 1.807) is 24.3 Å². The van der Waals surface area contributed by atoms with Crippen LogP contribution in [0.1, 0.15) is 26.7 Å². The van der Waals surface area contributed by atoms with Crippen LogP contribution in [0.5, 0.6) is 11.5 Å². The highest BCUT2D eigenvalue weighted by Crippen LogP contribution is 2.25. The Morgan fingerprint density at radius 1 is 0.933 bits per heavy atom. The smallest absolute Gasteiger partial charge is 0.200 e. The summed E-state index contributed by atoms with van der Waals surface area (Å²) in [6, 6.07) is 10.8. The summed E-state index contributed by atoms with van der Waals surface area (Å²) in [4.78, 5) is 15.1. The van der Waals surface area contributed by atoms with Gasteiger partial charge in [-0.15, -0.1) is 0 Å². The van der Waals surface area contributed by atoms with Crippen molar-refractivity contribution in [2.45, 2.75) is 26.7 Å². The van der Waals surface area contributed by atoms with Gasteiger partial charge in [0.05, 0.1) is 24.0 Å². The summed E-state index contributed by atoms with van der Waals surface area (Å²) in [7, 11) is 2.09. The highest BCUT2D eigenvalue weighted by Gasteiger charge is 2.10. The van der Waals surface area contributed by atoms with Crippen molar-refractivity contribution < 1.29 is 13.9 Å². The minimum atomic E-state index is -0.0407. The number of ether oxygens (including phenoxy) is 2. The van der Waals surface area contributed by atoms with Crippen molar-refractivity contribution in [1.82, 2.24) is 10.2 Å².